The average molecular weight is 386 g/mol. The van der Waals surface area contributed by atoms with E-state index < -0.39 is 5.92 Å². The molecule has 4 nitrogen and oxygen atoms in total. The minimum atomic E-state index is -0.434. The van der Waals surface area contributed by atoms with E-state index in [1.165, 1.54) is 0 Å². The molecule has 0 spiro atoms. The molecular weight excluding hydrogens is 366 g/mol. The van der Waals surface area contributed by atoms with Crippen molar-refractivity contribution >= 4 is 35.1 Å². The number of thioether (sulfide) groups is 1. The van der Waals surface area contributed by atoms with Crippen molar-refractivity contribution in [2.24, 2.45) is 0 Å². The molecule has 1 N–H and O–H groups in total. The zero-order valence-electron chi connectivity index (χ0n) is 14.3. The van der Waals surface area contributed by atoms with Crippen molar-refractivity contribution in [2.75, 3.05) is 29.9 Å². The molecule has 1 aliphatic heterocycles. The Morgan fingerprint density at radius 2 is 2.00 bits per heavy atom. The van der Waals surface area contributed by atoms with Crippen molar-refractivity contribution in [1.29, 1.82) is 5.26 Å². The molecule has 26 heavy (non-hydrogen) atoms. The molecule has 3 rings (SSSR count). The third-order valence-electron chi connectivity index (χ3n) is 4.33. The molecule has 1 saturated heterocycles. The molecule has 1 heterocycles. The Hall–Kier alpha value is -2.16. The van der Waals surface area contributed by atoms with E-state index >= 15 is 0 Å². The van der Waals surface area contributed by atoms with Gasteiger partial charge in [-0.05, 0) is 35.4 Å². The van der Waals surface area contributed by atoms with Crippen LogP contribution in [0.3, 0.4) is 0 Å². The van der Waals surface area contributed by atoms with Gasteiger partial charge in [-0.15, -0.1) is 0 Å². The Morgan fingerprint density at radius 3 is 2.73 bits per heavy atom. The van der Waals surface area contributed by atoms with Gasteiger partial charge in [-0.2, -0.15) is 17.0 Å². The van der Waals surface area contributed by atoms with E-state index in [1.54, 1.807) is 12.1 Å². The highest BCUT2D eigenvalue weighted by atomic mass is 35.5. The number of hydrogen-bond donors (Lipinski definition) is 1. The molecule has 134 valence electrons. The summed E-state index contributed by atoms with van der Waals surface area (Å²) in [5, 5.41) is 13.0. The van der Waals surface area contributed by atoms with Gasteiger partial charge in [0.05, 0.1) is 12.0 Å². The van der Waals surface area contributed by atoms with Crippen molar-refractivity contribution in [3.8, 4) is 6.07 Å². The molecule has 2 aromatic rings. The largest absolute Gasteiger partial charge is 0.324 e. The summed E-state index contributed by atoms with van der Waals surface area (Å²) in [4.78, 5) is 14.3. The molecule has 0 bridgehead atoms. The lowest BCUT2D eigenvalue weighted by atomic mass is 9.92. The highest BCUT2D eigenvalue weighted by Gasteiger charge is 2.19. The maximum atomic E-state index is 12.4. The van der Waals surface area contributed by atoms with E-state index in [-0.39, 0.29) is 6.03 Å². The molecule has 2 amide bonds. The van der Waals surface area contributed by atoms with E-state index in [4.69, 9.17) is 11.6 Å². The quantitative estimate of drug-likeness (QED) is 0.811. The number of halogens is 1. The van der Waals surface area contributed by atoms with Gasteiger partial charge in [-0.1, -0.05) is 48.0 Å². The number of anilines is 1. The van der Waals surface area contributed by atoms with E-state index in [9.17, 15) is 10.1 Å². The highest BCUT2D eigenvalue weighted by Crippen LogP contribution is 2.31. The maximum Gasteiger partial charge on any atom is 0.321 e. The summed E-state index contributed by atoms with van der Waals surface area (Å²) in [7, 11) is 0. The van der Waals surface area contributed by atoms with Gasteiger partial charge in [0.2, 0.25) is 0 Å². The van der Waals surface area contributed by atoms with Crippen molar-refractivity contribution < 1.29 is 4.79 Å². The van der Waals surface area contributed by atoms with Crippen LogP contribution in [0.1, 0.15) is 23.5 Å². The van der Waals surface area contributed by atoms with E-state index in [0.717, 1.165) is 42.1 Å². The SMILES string of the molecule is N#CC(c1ccccc1)c1ccc(NC(=O)N2CCCSCC2)cc1Cl. The average Bonchev–Trinajstić information content (AvgIpc) is 2.94. The van der Waals surface area contributed by atoms with Crippen LogP contribution >= 0.6 is 23.4 Å². The number of amides is 2. The number of nitrogens with one attached hydrogen (secondary N) is 1. The van der Waals surface area contributed by atoms with Crippen LogP contribution in [-0.2, 0) is 0 Å². The van der Waals surface area contributed by atoms with Crippen LogP contribution in [0.25, 0.3) is 0 Å². The predicted octanol–water partition coefficient (Wildman–Crippen LogP) is 4.97. The first-order chi connectivity index (χ1) is 12.7. The number of carbonyl (C=O) groups excluding carboxylic acids is 1. The lowest BCUT2D eigenvalue weighted by Gasteiger charge is -2.21. The Kier molecular flexibility index (Phi) is 6.43. The minimum absolute atomic E-state index is 0.101. The number of rotatable bonds is 3. The number of nitrogens with zero attached hydrogens (tertiary/aromatic N) is 2. The molecule has 1 atom stereocenters. The molecule has 1 unspecified atom stereocenters. The smallest absolute Gasteiger partial charge is 0.321 e. The molecule has 6 heteroatoms. The Bertz CT molecular complexity index is 798. The highest BCUT2D eigenvalue weighted by molar-refractivity contribution is 7.99. The monoisotopic (exact) mass is 385 g/mol. The van der Waals surface area contributed by atoms with Crippen LogP contribution in [0.2, 0.25) is 5.02 Å². The Labute approximate surface area is 163 Å². The van der Waals surface area contributed by atoms with Crippen LogP contribution in [0.4, 0.5) is 10.5 Å². The first-order valence-corrected chi connectivity index (χ1v) is 10.1. The van der Waals surface area contributed by atoms with E-state index in [2.05, 4.69) is 11.4 Å². The van der Waals surface area contributed by atoms with Gasteiger partial charge in [-0.25, -0.2) is 4.79 Å². The summed E-state index contributed by atoms with van der Waals surface area (Å²) in [5.41, 5.74) is 2.28. The summed E-state index contributed by atoms with van der Waals surface area (Å²) in [5.74, 6) is 1.63. The summed E-state index contributed by atoms with van der Waals surface area (Å²) >= 11 is 8.31. The number of benzene rings is 2. The van der Waals surface area contributed by atoms with Gasteiger partial charge >= 0.3 is 6.03 Å². The van der Waals surface area contributed by atoms with Gasteiger partial charge in [0, 0.05) is 29.6 Å². The van der Waals surface area contributed by atoms with E-state index in [1.807, 2.05) is 53.1 Å². The molecule has 0 radical (unpaired) electrons. The van der Waals surface area contributed by atoms with Crippen LogP contribution in [0.15, 0.2) is 48.5 Å². The number of nitriles is 1. The van der Waals surface area contributed by atoms with Gasteiger partial charge in [0.25, 0.3) is 0 Å². The second-order valence-corrected chi connectivity index (χ2v) is 7.72. The third kappa shape index (κ3) is 4.51. The van der Waals surface area contributed by atoms with Crippen LogP contribution in [-0.4, -0.2) is 35.5 Å². The fraction of sp³-hybridized carbons (Fsp3) is 0.300. The summed E-state index contributed by atoms with van der Waals surface area (Å²) < 4.78 is 0. The molecular formula is C20H20ClN3OS. The zero-order chi connectivity index (χ0) is 18.4. The lowest BCUT2D eigenvalue weighted by Crippen LogP contribution is -2.36. The summed E-state index contributed by atoms with van der Waals surface area (Å²) in [6.07, 6.45) is 1.01. The Morgan fingerprint density at radius 1 is 1.19 bits per heavy atom. The Balaban J connectivity index is 1.75. The lowest BCUT2D eigenvalue weighted by molar-refractivity contribution is 0.216. The summed E-state index contributed by atoms with van der Waals surface area (Å²) in [6.45, 7) is 1.53. The molecule has 1 fully saturated rings. The number of carbonyl (C=O) groups is 1. The van der Waals surface area contributed by atoms with Crippen molar-refractivity contribution in [2.45, 2.75) is 12.3 Å². The topological polar surface area (TPSA) is 56.1 Å². The standard InChI is InChI=1S/C20H20ClN3OS/c21-19-13-16(23-20(25)24-9-4-11-26-12-10-24)7-8-17(19)18(14-22)15-5-2-1-3-6-15/h1-3,5-8,13,18H,4,9-12H2,(H,23,25). The van der Waals surface area contributed by atoms with Crippen LogP contribution in [0.5, 0.6) is 0 Å². The minimum Gasteiger partial charge on any atom is -0.324 e. The molecule has 0 saturated carbocycles. The normalized spacial score (nSPS) is 15.6. The zero-order valence-corrected chi connectivity index (χ0v) is 15.9. The van der Waals surface area contributed by atoms with Crippen LogP contribution in [0, 0.1) is 11.3 Å². The van der Waals surface area contributed by atoms with Gasteiger partial charge in [-0.3, -0.25) is 0 Å². The predicted molar refractivity (Wildman–Crippen MR) is 108 cm³/mol. The van der Waals surface area contributed by atoms with Crippen molar-refractivity contribution in [1.82, 2.24) is 4.90 Å². The maximum absolute atomic E-state index is 12.4. The van der Waals surface area contributed by atoms with E-state index in [0.29, 0.717) is 10.7 Å². The second-order valence-electron chi connectivity index (χ2n) is 6.09. The van der Waals surface area contributed by atoms with Gasteiger partial charge < -0.3 is 10.2 Å². The molecule has 1 aliphatic rings. The van der Waals surface area contributed by atoms with Gasteiger partial charge in [0.15, 0.2) is 0 Å². The molecule has 0 aromatic heterocycles. The van der Waals surface area contributed by atoms with Crippen molar-refractivity contribution in [3.63, 3.8) is 0 Å². The molecule has 2 aromatic carbocycles. The van der Waals surface area contributed by atoms with Crippen LogP contribution < -0.4 is 5.32 Å². The first kappa shape index (κ1) is 18.6. The molecule has 0 aliphatic carbocycles. The number of urea groups is 1. The fourth-order valence-electron chi connectivity index (χ4n) is 2.96. The van der Waals surface area contributed by atoms with Gasteiger partial charge in [0.1, 0.15) is 0 Å². The second kappa shape index (κ2) is 8.98. The number of hydrogen-bond acceptors (Lipinski definition) is 3. The first-order valence-electron chi connectivity index (χ1n) is 8.56. The van der Waals surface area contributed by atoms with Crippen molar-refractivity contribution in [3.05, 3.63) is 64.7 Å². The summed E-state index contributed by atoms with van der Waals surface area (Å²) in [6, 6.07) is 17.1. The fourth-order valence-corrected chi connectivity index (χ4v) is 4.14. The third-order valence-corrected chi connectivity index (χ3v) is 5.71.